The maximum absolute atomic E-state index is 12.5. The molecule has 6 nitrogen and oxygen atoms in total. The molecule has 3 N–H and O–H groups in total. The number of sulfonamides is 1. The molecule has 0 radical (unpaired) electrons. The van der Waals surface area contributed by atoms with Crippen molar-refractivity contribution in [3.63, 3.8) is 0 Å². The third-order valence-electron chi connectivity index (χ3n) is 4.18. The van der Waals surface area contributed by atoms with Crippen LogP contribution in [0.15, 0.2) is 23.1 Å². The predicted molar refractivity (Wildman–Crippen MR) is 79.4 cm³/mol. The first-order valence-electron chi connectivity index (χ1n) is 7.00. The highest BCUT2D eigenvalue weighted by Crippen LogP contribution is 2.42. The van der Waals surface area contributed by atoms with Crippen LogP contribution in [0.1, 0.15) is 12.5 Å². The van der Waals surface area contributed by atoms with E-state index >= 15 is 0 Å². The fraction of sp³-hybridized carbons (Fsp3) is 0.500. The van der Waals surface area contributed by atoms with E-state index in [1.807, 2.05) is 0 Å². The van der Waals surface area contributed by atoms with Crippen molar-refractivity contribution in [1.29, 1.82) is 0 Å². The van der Waals surface area contributed by atoms with Crippen LogP contribution in [0.3, 0.4) is 0 Å². The van der Waals surface area contributed by atoms with Gasteiger partial charge in [0.25, 0.3) is 0 Å². The van der Waals surface area contributed by atoms with E-state index in [2.05, 4.69) is 15.4 Å². The Labute approximate surface area is 124 Å². The average Bonchev–Trinajstić information content (AvgIpc) is 2.85. The summed E-state index contributed by atoms with van der Waals surface area (Å²) in [6.45, 7) is 4.90. The molecule has 114 valence electrons. The molecule has 1 amide bonds. The highest BCUT2D eigenvalue weighted by Gasteiger charge is 2.54. The van der Waals surface area contributed by atoms with E-state index in [0.29, 0.717) is 23.1 Å². The molecule has 2 unspecified atom stereocenters. The van der Waals surface area contributed by atoms with Crippen LogP contribution in [0, 0.1) is 18.8 Å². The van der Waals surface area contributed by atoms with Crippen molar-refractivity contribution in [3.05, 3.63) is 23.8 Å². The monoisotopic (exact) mass is 309 g/mol. The van der Waals surface area contributed by atoms with E-state index in [0.717, 1.165) is 13.1 Å². The van der Waals surface area contributed by atoms with E-state index in [9.17, 15) is 13.2 Å². The number of piperidine rings is 1. The minimum atomic E-state index is -3.56. The Morgan fingerprint density at radius 3 is 2.57 bits per heavy atom. The van der Waals surface area contributed by atoms with Crippen molar-refractivity contribution in [2.45, 2.75) is 24.8 Å². The van der Waals surface area contributed by atoms with E-state index in [-0.39, 0.29) is 16.8 Å². The second-order valence-electron chi connectivity index (χ2n) is 5.79. The lowest BCUT2D eigenvalue weighted by Gasteiger charge is -2.12. The van der Waals surface area contributed by atoms with Gasteiger partial charge in [0.05, 0.1) is 4.90 Å². The fourth-order valence-corrected chi connectivity index (χ4v) is 4.62. The Bertz CT molecular complexity index is 677. The Morgan fingerprint density at radius 1 is 1.29 bits per heavy atom. The van der Waals surface area contributed by atoms with Crippen molar-refractivity contribution in [3.8, 4) is 0 Å². The van der Waals surface area contributed by atoms with Crippen molar-refractivity contribution in [1.82, 2.24) is 10.0 Å². The van der Waals surface area contributed by atoms with Crippen molar-refractivity contribution < 1.29 is 13.2 Å². The third-order valence-corrected chi connectivity index (χ3v) is 5.78. The van der Waals surface area contributed by atoms with Crippen LogP contribution in [-0.4, -0.2) is 33.5 Å². The van der Waals surface area contributed by atoms with Crippen LogP contribution < -0.4 is 15.4 Å². The molecule has 2 aliphatic rings. The average molecular weight is 309 g/mol. The van der Waals surface area contributed by atoms with Crippen LogP contribution in [0.25, 0.3) is 0 Å². The summed E-state index contributed by atoms with van der Waals surface area (Å²) >= 11 is 0. The Morgan fingerprint density at radius 2 is 1.95 bits per heavy atom. The lowest BCUT2D eigenvalue weighted by Crippen LogP contribution is -2.33. The zero-order valence-corrected chi connectivity index (χ0v) is 12.8. The van der Waals surface area contributed by atoms with Gasteiger partial charge in [0, 0.05) is 18.7 Å². The second-order valence-corrected chi connectivity index (χ2v) is 7.48. The van der Waals surface area contributed by atoms with Gasteiger partial charge in [0.2, 0.25) is 15.9 Å². The molecule has 2 atom stereocenters. The summed E-state index contributed by atoms with van der Waals surface area (Å²) in [5.74, 6) is 0.607. The van der Waals surface area contributed by atoms with Gasteiger partial charge in [-0.2, -0.15) is 0 Å². The zero-order valence-electron chi connectivity index (χ0n) is 12.0. The molecule has 2 fully saturated rings. The molecule has 0 aromatic heterocycles. The normalized spacial score (nSPS) is 27.2. The van der Waals surface area contributed by atoms with Gasteiger partial charge in [0.1, 0.15) is 0 Å². The second kappa shape index (κ2) is 5.08. The number of nitrogens with one attached hydrogen (secondary N) is 3. The van der Waals surface area contributed by atoms with Crippen LogP contribution in [0.5, 0.6) is 0 Å². The number of hydrogen-bond donors (Lipinski definition) is 3. The van der Waals surface area contributed by atoms with Gasteiger partial charge in [-0.25, -0.2) is 13.1 Å². The topological polar surface area (TPSA) is 87.3 Å². The summed E-state index contributed by atoms with van der Waals surface area (Å²) in [4.78, 5) is 11.3. The number of rotatable bonds is 4. The molecule has 1 saturated heterocycles. The van der Waals surface area contributed by atoms with E-state index in [4.69, 9.17) is 0 Å². The minimum absolute atomic E-state index is 0.0417. The number of fused-ring (bicyclic) bond motifs is 1. The molecule has 1 aromatic carbocycles. The summed E-state index contributed by atoms with van der Waals surface area (Å²) in [6.07, 6.45) is 0. The lowest BCUT2D eigenvalue weighted by molar-refractivity contribution is -0.114. The molecule has 21 heavy (non-hydrogen) atoms. The summed E-state index contributed by atoms with van der Waals surface area (Å²) in [5.41, 5.74) is 1.16. The first-order valence-corrected chi connectivity index (χ1v) is 8.48. The third kappa shape index (κ3) is 2.81. The van der Waals surface area contributed by atoms with Crippen LogP contribution in [0.4, 0.5) is 5.69 Å². The maximum Gasteiger partial charge on any atom is 0.241 e. The maximum atomic E-state index is 12.5. The summed E-state index contributed by atoms with van der Waals surface area (Å²) in [7, 11) is -3.56. The van der Waals surface area contributed by atoms with Crippen LogP contribution >= 0.6 is 0 Å². The number of amides is 1. The smallest absolute Gasteiger partial charge is 0.241 e. The van der Waals surface area contributed by atoms with Crippen molar-refractivity contribution in [2.24, 2.45) is 11.8 Å². The van der Waals surface area contributed by atoms with Gasteiger partial charge in [-0.05, 0) is 49.5 Å². The predicted octanol–water partition coefficient (Wildman–Crippen LogP) is 0.450. The van der Waals surface area contributed by atoms with E-state index in [1.54, 1.807) is 19.1 Å². The van der Waals surface area contributed by atoms with Crippen molar-refractivity contribution >= 4 is 21.6 Å². The minimum Gasteiger partial charge on any atom is -0.326 e. The molecule has 3 rings (SSSR count). The first kappa shape index (κ1) is 14.5. The molecule has 0 bridgehead atoms. The number of carbonyl (C=O) groups excluding carboxylic acids is 1. The summed E-state index contributed by atoms with van der Waals surface area (Å²) < 4.78 is 27.8. The van der Waals surface area contributed by atoms with Gasteiger partial charge in [-0.1, -0.05) is 6.07 Å². The summed E-state index contributed by atoms with van der Waals surface area (Å²) in [5, 5.41) is 5.85. The van der Waals surface area contributed by atoms with Gasteiger partial charge in [-0.15, -0.1) is 0 Å². The Balaban J connectivity index is 1.82. The molecule has 1 aliphatic carbocycles. The van der Waals surface area contributed by atoms with Gasteiger partial charge < -0.3 is 10.6 Å². The zero-order chi connectivity index (χ0) is 15.2. The van der Waals surface area contributed by atoms with E-state index in [1.165, 1.54) is 13.0 Å². The largest absolute Gasteiger partial charge is 0.326 e. The molecule has 1 aliphatic heterocycles. The number of carbonyl (C=O) groups is 1. The Kier molecular flexibility index (Phi) is 3.51. The standard InChI is InChI=1S/C14H19N3O3S/c1-8-3-4-10(16-9(2)18)5-13(8)21(19,20)17-14-11-6-15-7-12(11)14/h3-5,11-12,14-15,17H,6-7H2,1-2H3,(H,16,18). The number of benzene rings is 1. The van der Waals surface area contributed by atoms with Gasteiger partial charge in [-0.3, -0.25) is 4.79 Å². The Hall–Kier alpha value is -1.44. The number of anilines is 1. The van der Waals surface area contributed by atoms with Crippen LogP contribution in [0.2, 0.25) is 0 Å². The molecular formula is C14H19N3O3S. The highest BCUT2D eigenvalue weighted by atomic mass is 32.2. The lowest BCUT2D eigenvalue weighted by atomic mass is 10.2. The number of hydrogen-bond acceptors (Lipinski definition) is 4. The van der Waals surface area contributed by atoms with E-state index < -0.39 is 10.0 Å². The van der Waals surface area contributed by atoms with Gasteiger partial charge >= 0.3 is 0 Å². The first-order chi connectivity index (χ1) is 9.88. The highest BCUT2D eigenvalue weighted by molar-refractivity contribution is 7.89. The van der Waals surface area contributed by atoms with Crippen molar-refractivity contribution in [2.75, 3.05) is 18.4 Å². The van der Waals surface area contributed by atoms with Gasteiger partial charge in [0.15, 0.2) is 0 Å². The molecule has 1 saturated carbocycles. The number of aryl methyl sites for hydroxylation is 1. The fourth-order valence-electron chi connectivity index (χ4n) is 3.01. The SMILES string of the molecule is CC(=O)Nc1ccc(C)c(S(=O)(=O)NC2C3CNCC32)c1. The molecule has 7 heteroatoms. The molecular weight excluding hydrogens is 290 g/mol. The molecule has 1 aromatic rings. The van der Waals surface area contributed by atoms with Crippen LogP contribution in [-0.2, 0) is 14.8 Å². The quantitative estimate of drug-likeness (QED) is 0.753. The summed E-state index contributed by atoms with van der Waals surface area (Å²) in [6, 6.07) is 4.95. The molecule has 1 heterocycles. The molecule has 0 spiro atoms.